The van der Waals surface area contributed by atoms with E-state index in [-0.39, 0.29) is 11.5 Å². The van der Waals surface area contributed by atoms with Crippen LogP contribution in [0.2, 0.25) is 0 Å². The maximum Gasteiger partial charge on any atom is 0.349 e. The standard InChI is InChI=1S/C26H23NO4/c1-2-27(25(28)23-16-21-10-6-7-11-24(21)31-26(23)29)17-19-12-14-22(15-13-19)30-18-20-8-4-3-5-9-20/h3-16H,2,17-18H2,1H3. The fraction of sp³-hybridized carbons (Fsp3) is 0.154. The normalized spacial score (nSPS) is 10.7. The van der Waals surface area contributed by atoms with E-state index in [0.29, 0.717) is 25.3 Å². The van der Waals surface area contributed by atoms with Gasteiger partial charge in [-0.1, -0.05) is 60.7 Å². The fourth-order valence-corrected chi connectivity index (χ4v) is 3.36. The van der Waals surface area contributed by atoms with Gasteiger partial charge in [0.15, 0.2) is 0 Å². The predicted molar refractivity (Wildman–Crippen MR) is 120 cm³/mol. The minimum atomic E-state index is -0.619. The average Bonchev–Trinajstić information content (AvgIpc) is 2.81. The Labute approximate surface area is 180 Å². The van der Waals surface area contributed by atoms with Crippen molar-refractivity contribution < 1.29 is 13.9 Å². The summed E-state index contributed by atoms with van der Waals surface area (Å²) in [5, 5.41) is 0.724. The Morgan fingerprint density at radius 2 is 1.61 bits per heavy atom. The van der Waals surface area contributed by atoms with E-state index >= 15 is 0 Å². The Bertz CT molecular complexity index is 1230. The van der Waals surface area contributed by atoms with Crippen LogP contribution in [-0.4, -0.2) is 17.4 Å². The van der Waals surface area contributed by atoms with Crippen LogP contribution in [0, 0.1) is 0 Å². The van der Waals surface area contributed by atoms with Gasteiger partial charge in [-0.2, -0.15) is 0 Å². The Kier molecular flexibility index (Phi) is 6.13. The van der Waals surface area contributed by atoms with Crippen molar-refractivity contribution in [3.05, 3.63) is 112 Å². The Morgan fingerprint density at radius 3 is 2.35 bits per heavy atom. The first kappa shape index (κ1) is 20.4. The number of carbonyl (C=O) groups excluding carboxylic acids is 1. The van der Waals surface area contributed by atoms with Crippen LogP contribution in [0.4, 0.5) is 0 Å². The first-order chi connectivity index (χ1) is 15.1. The van der Waals surface area contributed by atoms with Gasteiger partial charge in [-0.25, -0.2) is 4.79 Å². The Morgan fingerprint density at radius 1 is 0.903 bits per heavy atom. The number of benzene rings is 3. The number of hydrogen-bond donors (Lipinski definition) is 0. The quantitative estimate of drug-likeness (QED) is 0.399. The molecule has 0 unspecified atom stereocenters. The number of carbonyl (C=O) groups is 1. The average molecular weight is 413 g/mol. The van der Waals surface area contributed by atoms with Crippen molar-refractivity contribution in [2.75, 3.05) is 6.54 Å². The molecule has 1 heterocycles. The third-order valence-corrected chi connectivity index (χ3v) is 5.09. The highest BCUT2D eigenvalue weighted by Crippen LogP contribution is 2.18. The molecule has 0 fully saturated rings. The van der Waals surface area contributed by atoms with E-state index in [9.17, 15) is 9.59 Å². The minimum absolute atomic E-state index is 0.0448. The number of para-hydroxylation sites is 1. The summed E-state index contributed by atoms with van der Waals surface area (Å²) in [6.45, 7) is 3.24. The van der Waals surface area contributed by atoms with Gasteiger partial charge >= 0.3 is 5.63 Å². The molecule has 5 nitrogen and oxygen atoms in total. The van der Waals surface area contributed by atoms with Crippen molar-refractivity contribution >= 4 is 16.9 Å². The molecule has 0 radical (unpaired) electrons. The lowest BCUT2D eigenvalue weighted by molar-refractivity contribution is 0.0748. The molecule has 4 rings (SSSR count). The highest BCUT2D eigenvalue weighted by atomic mass is 16.5. The number of fused-ring (bicyclic) bond motifs is 1. The lowest BCUT2D eigenvalue weighted by Crippen LogP contribution is -2.33. The molecule has 156 valence electrons. The van der Waals surface area contributed by atoms with Crippen LogP contribution in [0.3, 0.4) is 0 Å². The maximum absolute atomic E-state index is 13.0. The fourth-order valence-electron chi connectivity index (χ4n) is 3.36. The summed E-state index contributed by atoms with van der Waals surface area (Å²) in [5.41, 5.74) is 1.95. The summed E-state index contributed by atoms with van der Waals surface area (Å²) in [6, 6.07) is 26.4. The molecule has 0 bridgehead atoms. The summed E-state index contributed by atoms with van der Waals surface area (Å²) in [5.74, 6) is 0.420. The molecule has 1 aromatic heterocycles. The SMILES string of the molecule is CCN(Cc1ccc(OCc2ccccc2)cc1)C(=O)c1cc2ccccc2oc1=O. The molecule has 0 atom stereocenters. The Hall–Kier alpha value is -3.86. The molecular formula is C26H23NO4. The van der Waals surface area contributed by atoms with Crippen molar-refractivity contribution in [2.24, 2.45) is 0 Å². The second kappa shape index (κ2) is 9.30. The molecule has 4 aromatic rings. The Balaban J connectivity index is 1.45. The molecule has 3 aromatic carbocycles. The second-order valence-electron chi connectivity index (χ2n) is 7.22. The zero-order chi connectivity index (χ0) is 21.6. The van der Waals surface area contributed by atoms with Gasteiger partial charge in [-0.3, -0.25) is 4.79 Å². The van der Waals surface area contributed by atoms with Crippen molar-refractivity contribution in [1.82, 2.24) is 4.90 Å². The van der Waals surface area contributed by atoms with Gasteiger partial charge in [-0.05, 0) is 42.3 Å². The van der Waals surface area contributed by atoms with Gasteiger partial charge in [0, 0.05) is 18.5 Å². The van der Waals surface area contributed by atoms with Gasteiger partial charge in [-0.15, -0.1) is 0 Å². The number of rotatable bonds is 7. The van der Waals surface area contributed by atoms with Crippen LogP contribution >= 0.6 is 0 Å². The largest absolute Gasteiger partial charge is 0.489 e. The zero-order valence-corrected chi connectivity index (χ0v) is 17.3. The van der Waals surface area contributed by atoms with E-state index in [0.717, 1.165) is 22.3 Å². The maximum atomic E-state index is 13.0. The number of nitrogens with zero attached hydrogens (tertiary/aromatic N) is 1. The third kappa shape index (κ3) is 4.83. The topological polar surface area (TPSA) is 59.8 Å². The molecule has 0 saturated carbocycles. The first-order valence-electron chi connectivity index (χ1n) is 10.2. The second-order valence-corrected chi connectivity index (χ2v) is 7.22. The highest BCUT2D eigenvalue weighted by molar-refractivity contribution is 5.96. The van der Waals surface area contributed by atoms with Gasteiger partial charge in [0.05, 0.1) is 0 Å². The lowest BCUT2D eigenvalue weighted by atomic mass is 10.1. The minimum Gasteiger partial charge on any atom is -0.489 e. The van der Waals surface area contributed by atoms with Crippen molar-refractivity contribution in [3.8, 4) is 5.75 Å². The monoisotopic (exact) mass is 413 g/mol. The van der Waals surface area contributed by atoms with Crippen LogP contribution in [0.5, 0.6) is 5.75 Å². The summed E-state index contributed by atoms with van der Waals surface area (Å²) in [6.07, 6.45) is 0. The highest BCUT2D eigenvalue weighted by Gasteiger charge is 2.20. The summed E-state index contributed by atoms with van der Waals surface area (Å²) in [7, 11) is 0. The molecule has 0 spiro atoms. The predicted octanol–water partition coefficient (Wildman–Crippen LogP) is 5.03. The summed E-state index contributed by atoms with van der Waals surface area (Å²) < 4.78 is 11.1. The molecule has 31 heavy (non-hydrogen) atoms. The van der Waals surface area contributed by atoms with Crippen molar-refractivity contribution in [3.63, 3.8) is 0 Å². The van der Waals surface area contributed by atoms with Gasteiger partial charge in [0.25, 0.3) is 5.91 Å². The molecule has 5 heteroatoms. The van der Waals surface area contributed by atoms with E-state index < -0.39 is 5.63 Å². The van der Waals surface area contributed by atoms with Crippen LogP contribution in [-0.2, 0) is 13.2 Å². The number of hydrogen-bond acceptors (Lipinski definition) is 4. The molecule has 0 aliphatic rings. The van der Waals surface area contributed by atoms with Crippen LogP contribution in [0.25, 0.3) is 11.0 Å². The van der Waals surface area contributed by atoms with Crippen LogP contribution in [0.15, 0.2) is 94.1 Å². The van der Waals surface area contributed by atoms with E-state index in [1.54, 1.807) is 23.1 Å². The number of ether oxygens (including phenoxy) is 1. The molecule has 0 N–H and O–H groups in total. The summed E-state index contributed by atoms with van der Waals surface area (Å²) in [4.78, 5) is 27.0. The van der Waals surface area contributed by atoms with E-state index in [1.807, 2.05) is 73.7 Å². The molecule has 0 aliphatic carbocycles. The van der Waals surface area contributed by atoms with E-state index in [1.165, 1.54) is 0 Å². The molecule has 0 aliphatic heterocycles. The van der Waals surface area contributed by atoms with Crippen LogP contribution < -0.4 is 10.4 Å². The van der Waals surface area contributed by atoms with Gasteiger partial charge < -0.3 is 14.1 Å². The summed E-state index contributed by atoms with van der Waals surface area (Å²) >= 11 is 0. The molecular weight excluding hydrogens is 390 g/mol. The van der Waals surface area contributed by atoms with Crippen molar-refractivity contribution in [1.29, 1.82) is 0 Å². The molecule has 1 amide bonds. The zero-order valence-electron chi connectivity index (χ0n) is 17.3. The van der Waals surface area contributed by atoms with Gasteiger partial charge in [0.1, 0.15) is 23.5 Å². The van der Waals surface area contributed by atoms with E-state index in [2.05, 4.69) is 0 Å². The smallest absolute Gasteiger partial charge is 0.349 e. The third-order valence-electron chi connectivity index (χ3n) is 5.09. The first-order valence-corrected chi connectivity index (χ1v) is 10.2. The lowest BCUT2D eigenvalue weighted by Gasteiger charge is -2.21. The van der Waals surface area contributed by atoms with Crippen LogP contribution in [0.1, 0.15) is 28.4 Å². The van der Waals surface area contributed by atoms with Crippen molar-refractivity contribution in [2.45, 2.75) is 20.1 Å². The number of amides is 1. The molecule has 0 saturated heterocycles. The van der Waals surface area contributed by atoms with Gasteiger partial charge in [0.2, 0.25) is 0 Å². The van der Waals surface area contributed by atoms with E-state index in [4.69, 9.17) is 9.15 Å².